The Morgan fingerprint density at radius 1 is 1.30 bits per heavy atom. The quantitative estimate of drug-likeness (QED) is 0.447. The third kappa shape index (κ3) is 4.13. The number of nitrogens with zero attached hydrogens (tertiary/aromatic N) is 4. The third-order valence-electron chi connectivity index (χ3n) is 4.40. The molecule has 1 saturated heterocycles. The van der Waals surface area contributed by atoms with Gasteiger partial charge in [-0.15, -0.1) is 0 Å². The van der Waals surface area contributed by atoms with Crippen molar-refractivity contribution in [2.75, 3.05) is 25.1 Å². The zero-order valence-corrected chi connectivity index (χ0v) is 15.1. The first-order chi connectivity index (χ1) is 13.0. The number of ether oxygens (including phenoxy) is 2. The number of carbonyl (C=O) groups is 1. The van der Waals surface area contributed by atoms with Gasteiger partial charge < -0.3 is 14.4 Å². The highest BCUT2D eigenvalue weighted by Gasteiger charge is 2.30. The first-order valence-electron chi connectivity index (χ1n) is 8.60. The number of aromatic nitrogens is 2. The number of benzene rings is 1. The summed E-state index contributed by atoms with van der Waals surface area (Å²) in [6.45, 7) is 3.51. The molecule has 9 nitrogen and oxygen atoms in total. The van der Waals surface area contributed by atoms with Gasteiger partial charge in [-0.1, -0.05) is 6.92 Å². The topological polar surface area (TPSA) is 108 Å². The van der Waals surface area contributed by atoms with Gasteiger partial charge in [0.2, 0.25) is 5.82 Å². The van der Waals surface area contributed by atoms with Crippen LogP contribution in [0.3, 0.4) is 0 Å². The lowest BCUT2D eigenvalue weighted by atomic mass is 10.0. The number of piperidine rings is 1. The molecule has 1 aliphatic heterocycles. The molecule has 1 atom stereocenters. The van der Waals surface area contributed by atoms with E-state index < -0.39 is 10.9 Å². The summed E-state index contributed by atoms with van der Waals surface area (Å²) >= 11 is 0. The monoisotopic (exact) mass is 372 g/mol. The molecule has 0 radical (unpaired) electrons. The maximum absolute atomic E-state index is 11.7. The van der Waals surface area contributed by atoms with Crippen molar-refractivity contribution in [2.45, 2.75) is 19.8 Å². The lowest BCUT2D eigenvalue weighted by Gasteiger charge is -2.31. The van der Waals surface area contributed by atoms with E-state index in [0.29, 0.717) is 30.3 Å². The van der Waals surface area contributed by atoms with Gasteiger partial charge in [0.15, 0.2) is 0 Å². The second-order valence-corrected chi connectivity index (χ2v) is 6.42. The molecule has 142 valence electrons. The van der Waals surface area contributed by atoms with Crippen LogP contribution < -0.4 is 9.64 Å². The molecular weight excluding hydrogens is 352 g/mol. The van der Waals surface area contributed by atoms with E-state index >= 15 is 0 Å². The highest BCUT2D eigenvalue weighted by Crippen LogP contribution is 2.37. The van der Waals surface area contributed by atoms with Crippen molar-refractivity contribution >= 4 is 17.5 Å². The van der Waals surface area contributed by atoms with Crippen molar-refractivity contribution in [2.24, 2.45) is 5.92 Å². The second kappa shape index (κ2) is 7.98. The summed E-state index contributed by atoms with van der Waals surface area (Å²) in [4.78, 5) is 32.7. The molecular formula is C18H20N4O5. The Morgan fingerprint density at radius 2 is 2.04 bits per heavy atom. The van der Waals surface area contributed by atoms with Crippen LogP contribution in [0.2, 0.25) is 0 Å². The Hall–Kier alpha value is -3.23. The number of hydrogen-bond acceptors (Lipinski definition) is 8. The molecule has 1 unspecified atom stereocenters. The van der Waals surface area contributed by atoms with E-state index in [0.717, 1.165) is 12.8 Å². The molecule has 1 aromatic carbocycles. The van der Waals surface area contributed by atoms with Gasteiger partial charge in [-0.05, 0) is 43.0 Å². The van der Waals surface area contributed by atoms with Gasteiger partial charge in [-0.3, -0.25) is 10.1 Å². The summed E-state index contributed by atoms with van der Waals surface area (Å²) in [6, 6.07) is 6.09. The molecule has 0 amide bonds. The van der Waals surface area contributed by atoms with Gasteiger partial charge >= 0.3 is 17.5 Å². The standard InChI is InChI=1S/C18H20N4O5/c1-12-4-3-9-21(10-12)16-15(22(24)25)17(20-11-19-16)27-14-7-5-13(6-8-14)18(23)26-2/h5-8,11-12H,3-4,9-10H2,1-2H3. The largest absolute Gasteiger partial charge is 0.465 e. The first-order valence-corrected chi connectivity index (χ1v) is 8.60. The van der Waals surface area contributed by atoms with Crippen molar-refractivity contribution < 1.29 is 19.2 Å². The average Bonchev–Trinajstić information content (AvgIpc) is 2.67. The zero-order chi connectivity index (χ0) is 19.4. The van der Waals surface area contributed by atoms with Crippen molar-refractivity contribution in [1.82, 2.24) is 9.97 Å². The van der Waals surface area contributed by atoms with Gasteiger partial charge in [0, 0.05) is 13.1 Å². The smallest absolute Gasteiger partial charge is 0.373 e. The molecule has 0 aliphatic carbocycles. The molecule has 27 heavy (non-hydrogen) atoms. The Balaban J connectivity index is 1.90. The lowest BCUT2D eigenvalue weighted by molar-refractivity contribution is -0.385. The molecule has 2 aromatic rings. The van der Waals surface area contributed by atoms with Crippen LogP contribution in [0.5, 0.6) is 11.6 Å². The van der Waals surface area contributed by atoms with E-state index in [9.17, 15) is 14.9 Å². The Morgan fingerprint density at radius 3 is 2.67 bits per heavy atom. The van der Waals surface area contributed by atoms with Crippen LogP contribution in [0.1, 0.15) is 30.1 Å². The first kappa shape index (κ1) is 18.6. The Kier molecular flexibility index (Phi) is 5.49. The molecule has 0 N–H and O–H groups in total. The van der Waals surface area contributed by atoms with E-state index in [2.05, 4.69) is 21.6 Å². The van der Waals surface area contributed by atoms with Crippen LogP contribution >= 0.6 is 0 Å². The van der Waals surface area contributed by atoms with Crippen molar-refractivity contribution in [3.63, 3.8) is 0 Å². The van der Waals surface area contributed by atoms with Gasteiger partial charge in [0.1, 0.15) is 12.1 Å². The van der Waals surface area contributed by atoms with Crippen molar-refractivity contribution in [3.8, 4) is 11.6 Å². The minimum atomic E-state index is -0.521. The van der Waals surface area contributed by atoms with Crippen LogP contribution in [0.25, 0.3) is 0 Å². The fraction of sp³-hybridized carbons (Fsp3) is 0.389. The number of carbonyl (C=O) groups excluding carboxylic acids is 1. The highest BCUT2D eigenvalue weighted by atomic mass is 16.6. The predicted octanol–water partition coefficient (Wildman–Crippen LogP) is 3.20. The summed E-state index contributed by atoms with van der Waals surface area (Å²) in [5.41, 5.74) is 0.0914. The van der Waals surface area contributed by atoms with E-state index in [4.69, 9.17) is 4.74 Å². The number of methoxy groups -OCH3 is 1. The van der Waals surface area contributed by atoms with Gasteiger partial charge in [-0.25, -0.2) is 9.78 Å². The number of rotatable bonds is 5. The van der Waals surface area contributed by atoms with Crippen LogP contribution in [0.4, 0.5) is 11.5 Å². The molecule has 9 heteroatoms. The Labute approximate surface area is 156 Å². The maximum Gasteiger partial charge on any atom is 0.373 e. The average molecular weight is 372 g/mol. The molecule has 3 rings (SSSR count). The normalized spacial score (nSPS) is 16.7. The predicted molar refractivity (Wildman–Crippen MR) is 97.2 cm³/mol. The zero-order valence-electron chi connectivity index (χ0n) is 15.1. The molecule has 2 heterocycles. The minimum Gasteiger partial charge on any atom is -0.465 e. The highest BCUT2D eigenvalue weighted by molar-refractivity contribution is 5.89. The SMILES string of the molecule is COC(=O)c1ccc(Oc2ncnc(N3CCCC(C)C3)c2[N+](=O)[O-])cc1. The third-order valence-corrected chi connectivity index (χ3v) is 4.40. The van der Waals surface area contributed by atoms with E-state index in [1.165, 1.54) is 37.7 Å². The molecule has 0 spiro atoms. The van der Waals surface area contributed by atoms with Crippen LogP contribution in [0, 0.1) is 16.0 Å². The molecule has 1 fully saturated rings. The maximum atomic E-state index is 11.7. The summed E-state index contributed by atoms with van der Waals surface area (Å²) in [6.07, 6.45) is 3.30. The molecule has 0 saturated carbocycles. The van der Waals surface area contributed by atoms with Gasteiger partial charge in [-0.2, -0.15) is 4.98 Å². The van der Waals surface area contributed by atoms with Crippen LogP contribution in [-0.4, -0.2) is 41.1 Å². The van der Waals surface area contributed by atoms with Crippen molar-refractivity contribution in [3.05, 3.63) is 46.3 Å². The molecule has 1 aromatic heterocycles. The molecule has 1 aliphatic rings. The number of anilines is 1. The second-order valence-electron chi connectivity index (χ2n) is 6.42. The van der Waals surface area contributed by atoms with Crippen molar-refractivity contribution in [1.29, 1.82) is 0 Å². The summed E-state index contributed by atoms with van der Waals surface area (Å²) in [5, 5.41) is 11.7. The fourth-order valence-corrected chi connectivity index (χ4v) is 3.09. The summed E-state index contributed by atoms with van der Waals surface area (Å²) < 4.78 is 10.3. The summed E-state index contributed by atoms with van der Waals surface area (Å²) in [7, 11) is 1.29. The van der Waals surface area contributed by atoms with Gasteiger partial charge in [0.25, 0.3) is 0 Å². The van der Waals surface area contributed by atoms with E-state index in [-0.39, 0.29) is 17.4 Å². The van der Waals surface area contributed by atoms with E-state index in [1.807, 2.05) is 4.90 Å². The van der Waals surface area contributed by atoms with Gasteiger partial charge in [0.05, 0.1) is 17.6 Å². The fourth-order valence-electron chi connectivity index (χ4n) is 3.09. The summed E-state index contributed by atoms with van der Waals surface area (Å²) in [5.74, 6) is 0.416. The number of hydrogen-bond donors (Lipinski definition) is 0. The van der Waals surface area contributed by atoms with E-state index in [1.54, 1.807) is 0 Å². The number of esters is 1. The molecule has 0 bridgehead atoms. The minimum absolute atomic E-state index is 0.131. The number of nitro groups is 1. The van der Waals surface area contributed by atoms with Crippen LogP contribution in [-0.2, 0) is 4.74 Å². The Bertz CT molecular complexity index is 840. The van der Waals surface area contributed by atoms with Crippen LogP contribution in [0.15, 0.2) is 30.6 Å². The lowest BCUT2D eigenvalue weighted by Crippen LogP contribution is -2.35.